The van der Waals surface area contributed by atoms with Crippen molar-refractivity contribution in [3.05, 3.63) is 12.2 Å². The van der Waals surface area contributed by atoms with Gasteiger partial charge in [-0.15, -0.1) is 0 Å². The summed E-state index contributed by atoms with van der Waals surface area (Å²) < 4.78 is 15.1. The van der Waals surface area contributed by atoms with Gasteiger partial charge < -0.3 is 19.3 Å². The molecular weight excluding hydrogens is 456 g/mol. The average molecular weight is 500 g/mol. The number of aliphatic hydroxyl groups excluding tert-OH is 1. The third-order valence-corrected chi connectivity index (χ3v) is 5.51. The predicted octanol–water partition coefficient (Wildman–Crippen LogP) is 3.52. The number of quaternary nitrogens is 1. The Labute approximate surface area is 208 Å². The standard InChI is InChI=1S/C25H42N2O8/c1-10-14-25(15-12-13-19(29)33-11-2)16-18(20(30)34-23(4,5)6)27(21(25)31,26-17(3)28)22(32)35-24(7,8)9/h10,14,18,21,31H,11-13,15-16H2,1-9H3/p+1/b14-10-/t18-,21-,25+,27+/m1/s1. The van der Waals surface area contributed by atoms with E-state index in [4.69, 9.17) is 14.2 Å². The van der Waals surface area contributed by atoms with Gasteiger partial charge >= 0.3 is 18.0 Å². The second kappa shape index (κ2) is 11.5. The first-order valence-electron chi connectivity index (χ1n) is 12.1. The van der Waals surface area contributed by atoms with Gasteiger partial charge in [0.1, 0.15) is 11.2 Å². The molecule has 1 saturated heterocycles. The van der Waals surface area contributed by atoms with Gasteiger partial charge in [0, 0.05) is 19.8 Å². The predicted molar refractivity (Wildman–Crippen MR) is 128 cm³/mol. The van der Waals surface area contributed by atoms with Crippen molar-refractivity contribution in [1.29, 1.82) is 0 Å². The quantitative estimate of drug-likeness (QED) is 0.236. The first kappa shape index (κ1) is 30.6. The second-order valence-corrected chi connectivity index (χ2v) is 10.9. The second-order valence-electron chi connectivity index (χ2n) is 10.9. The molecule has 0 aliphatic carbocycles. The van der Waals surface area contributed by atoms with Gasteiger partial charge in [0.15, 0.2) is 0 Å². The number of hydrogen-bond donors (Lipinski definition) is 2. The Kier molecular flexibility index (Phi) is 10.1. The lowest BCUT2D eigenvalue weighted by Gasteiger charge is -2.39. The minimum absolute atomic E-state index is 0.0181. The highest BCUT2D eigenvalue weighted by Crippen LogP contribution is 2.50. The van der Waals surface area contributed by atoms with Crippen LogP contribution in [0.2, 0.25) is 0 Å². The first-order chi connectivity index (χ1) is 15.9. The molecule has 10 heteroatoms. The van der Waals surface area contributed by atoms with Crippen molar-refractivity contribution < 1.29 is 43.1 Å². The number of nitrogens with one attached hydrogen (secondary N) is 1. The largest absolute Gasteiger partial charge is 0.544 e. The van der Waals surface area contributed by atoms with Gasteiger partial charge in [-0.3, -0.25) is 9.59 Å². The van der Waals surface area contributed by atoms with Gasteiger partial charge in [-0.25, -0.2) is 4.79 Å². The molecule has 1 fully saturated rings. The maximum absolute atomic E-state index is 13.6. The van der Waals surface area contributed by atoms with Gasteiger partial charge in [-0.1, -0.05) is 16.7 Å². The number of nitrogens with zero attached hydrogens (tertiary/aromatic N) is 1. The molecule has 4 atom stereocenters. The third kappa shape index (κ3) is 7.76. The molecule has 0 spiro atoms. The molecule has 1 rings (SSSR count). The molecular formula is C25H43N2O8+. The Bertz CT molecular complexity index is 826. The summed E-state index contributed by atoms with van der Waals surface area (Å²) >= 11 is 0. The zero-order valence-electron chi connectivity index (χ0n) is 22.6. The molecule has 0 bridgehead atoms. The van der Waals surface area contributed by atoms with Crippen molar-refractivity contribution >= 4 is 23.9 Å². The maximum atomic E-state index is 13.6. The highest BCUT2D eigenvalue weighted by molar-refractivity contribution is 5.80. The Morgan fingerprint density at radius 2 is 1.66 bits per heavy atom. The summed E-state index contributed by atoms with van der Waals surface area (Å²) in [5.74, 6) is -1.77. The lowest BCUT2D eigenvalue weighted by Crippen LogP contribution is -2.73. The highest BCUT2D eigenvalue weighted by Gasteiger charge is 2.71. The van der Waals surface area contributed by atoms with Crippen molar-refractivity contribution in [2.24, 2.45) is 5.41 Å². The smallest absolute Gasteiger partial charge is 0.466 e. The van der Waals surface area contributed by atoms with Crippen molar-refractivity contribution in [2.45, 2.75) is 111 Å². The van der Waals surface area contributed by atoms with Crippen LogP contribution in [-0.4, -0.2) is 63.7 Å². The topological polar surface area (TPSA) is 128 Å². The SMILES string of the molecule is C/C=C\[C@]1(CCCC(=O)OCC)C[C@H](C(=O)OC(C)(C)C)[N@@+](NC(C)=O)(C(=O)OC(C)(C)C)[C@@H]1O. The van der Waals surface area contributed by atoms with E-state index in [-0.39, 0.29) is 31.8 Å². The van der Waals surface area contributed by atoms with E-state index in [0.29, 0.717) is 6.42 Å². The van der Waals surface area contributed by atoms with E-state index < -0.39 is 51.4 Å². The van der Waals surface area contributed by atoms with Gasteiger partial charge in [0.25, 0.3) is 5.91 Å². The molecule has 10 nitrogen and oxygen atoms in total. The van der Waals surface area contributed by atoms with Crippen LogP contribution in [0.1, 0.15) is 88.0 Å². The molecule has 0 aromatic heterocycles. The van der Waals surface area contributed by atoms with E-state index in [0.717, 1.165) is 0 Å². The van der Waals surface area contributed by atoms with Crippen LogP contribution in [0.3, 0.4) is 0 Å². The lowest BCUT2D eigenvalue weighted by molar-refractivity contribution is -0.942. The molecule has 0 radical (unpaired) electrons. The normalized spacial score (nSPS) is 26.9. The molecule has 2 N–H and O–H groups in total. The number of carbonyl (C=O) groups is 4. The number of allylic oxidation sites excluding steroid dienone is 1. The Balaban J connectivity index is 3.64. The van der Waals surface area contributed by atoms with Crippen molar-refractivity contribution in [2.75, 3.05) is 6.61 Å². The monoisotopic (exact) mass is 499 g/mol. The van der Waals surface area contributed by atoms with Gasteiger partial charge in [-0.2, -0.15) is 10.2 Å². The number of carbonyl (C=O) groups excluding carboxylic acids is 4. The summed E-state index contributed by atoms with van der Waals surface area (Å²) in [7, 11) is 0. The number of likely N-dealkylation sites (tertiary alicyclic amines) is 1. The number of aliphatic hydroxyl groups is 1. The van der Waals surface area contributed by atoms with Crippen LogP contribution in [0.25, 0.3) is 0 Å². The number of amides is 2. The van der Waals surface area contributed by atoms with Gasteiger partial charge in [-0.05, 0) is 68.2 Å². The zero-order valence-corrected chi connectivity index (χ0v) is 22.6. The van der Waals surface area contributed by atoms with E-state index >= 15 is 0 Å². The fraction of sp³-hybridized carbons (Fsp3) is 0.760. The number of ether oxygens (including phenoxy) is 3. The number of esters is 2. The van der Waals surface area contributed by atoms with Crippen molar-refractivity contribution in [1.82, 2.24) is 5.43 Å². The Hall–Kier alpha value is -2.46. The van der Waals surface area contributed by atoms with Gasteiger partial charge in [0.05, 0.1) is 12.0 Å². The van der Waals surface area contributed by atoms with E-state index in [1.54, 1.807) is 67.5 Å². The van der Waals surface area contributed by atoms with Crippen LogP contribution in [-0.2, 0) is 28.6 Å². The molecule has 2 amide bonds. The molecule has 0 aromatic carbocycles. The van der Waals surface area contributed by atoms with E-state index in [1.165, 1.54) is 6.92 Å². The summed E-state index contributed by atoms with van der Waals surface area (Å²) in [6.45, 7) is 14.9. The minimum atomic E-state index is -1.59. The van der Waals surface area contributed by atoms with Crippen LogP contribution in [0, 0.1) is 5.41 Å². The third-order valence-electron chi connectivity index (χ3n) is 5.51. The molecule has 1 heterocycles. The summed E-state index contributed by atoms with van der Waals surface area (Å²) in [6, 6.07) is -1.29. The number of hydrogen-bond acceptors (Lipinski definition) is 8. The molecule has 1 aliphatic heterocycles. The molecule has 35 heavy (non-hydrogen) atoms. The summed E-state index contributed by atoms with van der Waals surface area (Å²) in [4.78, 5) is 51.3. The van der Waals surface area contributed by atoms with Crippen LogP contribution in [0.15, 0.2) is 12.2 Å². The van der Waals surface area contributed by atoms with Crippen LogP contribution < -0.4 is 5.43 Å². The fourth-order valence-electron chi connectivity index (χ4n) is 4.41. The van der Waals surface area contributed by atoms with Crippen LogP contribution in [0.4, 0.5) is 4.79 Å². The Morgan fingerprint density at radius 3 is 2.11 bits per heavy atom. The minimum Gasteiger partial charge on any atom is -0.466 e. The van der Waals surface area contributed by atoms with Crippen molar-refractivity contribution in [3.63, 3.8) is 0 Å². The van der Waals surface area contributed by atoms with Gasteiger partial charge in [0.2, 0.25) is 12.3 Å². The summed E-state index contributed by atoms with van der Waals surface area (Å²) in [6.07, 6.45) is 1.52. The maximum Gasteiger partial charge on any atom is 0.544 e. The average Bonchev–Trinajstić information content (AvgIpc) is 2.90. The summed E-state index contributed by atoms with van der Waals surface area (Å²) in [5, 5.41) is 11.8. The van der Waals surface area contributed by atoms with E-state index in [9.17, 15) is 24.3 Å². The van der Waals surface area contributed by atoms with E-state index in [1.807, 2.05) is 0 Å². The van der Waals surface area contributed by atoms with Crippen LogP contribution in [0.5, 0.6) is 0 Å². The molecule has 0 saturated carbocycles. The molecule has 1 aliphatic rings. The van der Waals surface area contributed by atoms with Crippen LogP contribution >= 0.6 is 0 Å². The number of rotatable bonds is 7. The zero-order chi connectivity index (χ0) is 27.2. The fourth-order valence-corrected chi connectivity index (χ4v) is 4.41. The first-order valence-corrected chi connectivity index (χ1v) is 12.1. The molecule has 0 aromatic rings. The summed E-state index contributed by atoms with van der Waals surface area (Å²) in [5.41, 5.74) is -0.453. The highest BCUT2D eigenvalue weighted by atomic mass is 16.6. The van der Waals surface area contributed by atoms with E-state index in [2.05, 4.69) is 5.43 Å². The Morgan fingerprint density at radius 1 is 1.09 bits per heavy atom. The molecule has 200 valence electrons. The van der Waals surface area contributed by atoms with Crippen molar-refractivity contribution in [3.8, 4) is 0 Å². The lowest BCUT2D eigenvalue weighted by atomic mass is 9.78. The molecule has 0 unspecified atom stereocenters.